The maximum atomic E-state index is 11.7. The molecule has 2 fully saturated rings. The smallest absolute Gasteiger partial charge is 0.136 e. The van der Waals surface area contributed by atoms with Crippen molar-refractivity contribution in [3.8, 4) is 0 Å². The van der Waals surface area contributed by atoms with E-state index in [1.54, 1.807) is 12.5 Å². The first-order valence-electron chi connectivity index (χ1n) is 6.31. The highest BCUT2D eigenvalue weighted by atomic mass is 16.1. The zero-order valence-corrected chi connectivity index (χ0v) is 9.75. The normalized spacial score (nSPS) is 47.6. The van der Waals surface area contributed by atoms with E-state index in [9.17, 15) is 4.79 Å². The molecule has 82 valence electrons. The summed E-state index contributed by atoms with van der Waals surface area (Å²) >= 11 is 0. The van der Waals surface area contributed by atoms with Crippen LogP contribution in [0.15, 0.2) is 11.6 Å². The van der Waals surface area contributed by atoms with Crippen LogP contribution in [0.1, 0.15) is 46.0 Å². The molecule has 2 saturated carbocycles. The highest BCUT2D eigenvalue weighted by Crippen LogP contribution is 2.58. The Labute approximate surface area is 91.9 Å². The average molecular weight is 204 g/mol. The molecule has 0 aliphatic heterocycles. The van der Waals surface area contributed by atoms with E-state index in [-0.39, 0.29) is 5.41 Å². The van der Waals surface area contributed by atoms with Crippen LogP contribution in [0.3, 0.4) is 0 Å². The van der Waals surface area contributed by atoms with Gasteiger partial charge in [0.05, 0.1) is 0 Å². The molecule has 0 N–H and O–H groups in total. The molecule has 15 heavy (non-hydrogen) atoms. The van der Waals surface area contributed by atoms with Crippen LogP contribution in [0.5, 0.6) is 0 Å². The summed E-state index contributed by atoms with van der Waals surface area (Å²) in [5.41, 5.74) is 1.68. The van der Waals surface area contributed by atoms with Crippen LogP contribution in [0.4, 0.5) is 0 Å². The van der Waals surface area contributed by atoms with Gasteiger partial charge in [0.25, 0.3) is 0 Å². The standard InChI is InChI=1S/C14H20O/c1-9(15)14(2)6-5-12-10-3-4-11(7-10)13(12)8-14/h5,10-11,13H,3-4,6-8H2,1-2H3. The van der Waals surface area contributed by atoms with Gasteiger partial charge in [0.1, 0.15) is 5.78 Å². The summed E-state index contributed by atoms with van der Waals surface area (Å²) in [5.74, 6) is 2.98. The van der Waals surface area contributed by atoms with E-state index in [0.717, 1.165) is 30.6 Å². The third kappa shape index (κ3) is 1.25. The molecular weight excluding hydrogens is 184 g/mol. The Hall–Kier alpha value is -0.590. The quantitative estimate of drug-likeness (QED) is 0.599. The summed E-state index contributed by atoms with van der Waals surface area (Å²) in [6.07, 6.45) is 8.81. The van der Waals surface area contributed by atoms with Crippen LogP contribution < -0.4 is 0 Å². The van der Waals surface area contributed by atoms with Gasteiger partial charge in [-0.2, -0.15) is 0 Å². The Morgan fingerprint density at radius 1 is 1.47 bits per heavy atom. The summed E-state index contributed by atoms with van der Waals surface area (Å²) in [6, 6.07) is 0. The lowest BCUT2D eigenvalue weighted by Crippen LogP contribution is -2.33. The molecular formula is C14H20O. The lowest BCUT2D eigenvalue weighted by atomic mass is 9.65. The Balaban J connectivity index is 1.91. The number of carbonyl (C=O) groups excluding carboxylic acids is 1. The summed E-state index contributed by atoms with van der Waals surface area (Å²) in [6.45, 7) is 3.93. The van der Waals surface area contributed by atoms with E-state index in [1.165, 1.54) is 19.3 Å². The summed E-state index contributed by atoms with van der Waals surface area (Å²) in [4.78, 5) is 11.7. The van der Waals surface area contributed by atoms with Gasteiger partial charge in [-0.1, -0.05) is 18.6 Å². The van der Waals surface area contributed by atoms with Gasteiger partial charge < -0.3 is 0 Å². The zero-order valence-electron chi connectivity index (χ0n) is 9.75. The molecule has 4 atom stereocenters. The second-order valence-corrected chi connectivity index (χ2v) is 6.11. The van der Waals surface area contributed by atoms with Crippen molar-refractivity contribution in [1.82, 2.24) is 0 Å². The number of allylic oxidation sites excluding steroid dienone is 2. The minimum Gasteiger partial charge on any atom is -0.299 e. The summed E-state index contributed by atoms with van der Waals surface area (Å²) in [5, 5.41) is 0. The maximum absolute atomic E-state index is 11.7. The van der Waals surface area contributed by atoms with Crippen LogP contribution in [0.2, 0.25) is 0 Å². The van der Waals surface area contributed by atoms with Crippen LogP contribution in [0, 0.1) is 23.2 Å². The monoisotopic (exact) mass is 204 g/mol. The van der Waals surface area contributed by atoms with Crippen molar-refractivity contribution in [1.29, 1.82) is 0 Å². The second kappa shape index (κ2) is 2.96. The second-order valence-electron chi connectivity index (χ2n) is 6.11. The van der Waals surface area contributed by atoms with Crippen molar-refractivity contribution >= 4 is 5.78 Å². The van der Waals surface area contributed by atoms with E-state index >= 15 is 0 Å². The van der Waals surface area contributed by atoms with E-state index in [4.69, 9.17) is 0 Å². The first kappa shape index (κ1) is 9.62. The molecule has 0 heterocycles. The summed E-state index contributed by atoms with van der Waals surface area (Å²) in [7, 11) is 0. The molecule has 3 aliphatic rings. The molecule has 0 amide bonds. The average Bonchev–Trinajstić information content (AvgIpc) is 2.77. The minimum atomic E-state index is -0.0430. The number of hydrogen-bond acceptors (Lipinski definition) is 1. The van der Waals surface area contributed by atoms with Gasteiger partial charge in [-0.3, -0.25) is 4.79 Å². The molecule has 0 spiro atoms. The highest BCUT2D eigenvalue weighted by Gasteiger charge is 2.48. The van der Waals surface area contributed by atoms with Crippen molar-refractivity contribution in [3.63, 3.8) is 0 Å². The predicted octanol–water partition coefficient (Wildman–Crippen LogP) is 3.35. The highest BCUT2D eigenvalue weighted by molar-refractivity contribution is 5.82. The fourth-order valence-corrected chi connectivity index (χ4v) is 4.06. The first-order valence-corrected chi connectivity index (χ1v) is 6.31. The van der Waals surface area contributed by atoms with Crippen LogP contribution in [-0.4, -0.2) is 5.78 Å². The van der Waals surface area contributed by atoms with Gasteiger partial charge in [-0.15, -0.1) is 0 Å². The van der Waals surface area contributed by atoms with Crippen molar-refractivity contribution in [2.75, 3.05) is 0 Å². The Morgan fingerprint density at radius 3 is 3.00 bits per heavy atom. The van der Waals surface area contributed by atoms with E-state index in [1.807, 2.05) is 0 Å². The third-order valence-corrected chi connectivity index (χ3v) is 5.25. The molecule has 0 saturated heterocycles. The molecule has 3 rings (SSSR count). The van der Waals surface area contributed by atoms with Crippen LogP contribution >= 0.6 is 0 Å². The number of rotatable bonds is 1. The number of Topliss-reactive ketones (excluding diaryl/α,β-unsaturated/α-hetero) is 1. The fourth-order valence-electron chi connectivity index (χ4n) is 4.06. The SMILES string of the molecule is CC(=O)C1(C)CC=C2C3CCC(C3)C2C1. The number of fused-ring (bicyclic) bond motifs is 5. The topological polar surface area (TPSA) is 17.1 Å². The molecule has 1 heteroatoms. The zero-order chi connectivity index (χ0) is 10.6. The Bertz CT molecular complexity index is 341. The van der Waals surface area contributed by atoms with E-state index in [0.29, 0.717) is 5.78 Å². The molecule has 1 nitrogen and oxygen atoms in total. The van der Waals surface area contributed by atoms with Crippen molar-refractivity contribution in [3.05, 3.63) is 11.6 Å². The maximum Gasteiger partial charge on any atom is 0.136 e. The molecule has 0 radical (unpaired) electrons. The molecule has 2 bridgehead atoms. The first-order chi connectivity index (χ1) is 7.10. The molecule has 0 aromatic heterocycles. The molecule has 0 aromatic carbocycles. The van der Waals surface area contributed by atoms with Gasteiger partial charge in [-0.05, 0) is 56.8 Å². The molecule has 3 aliphatic carbocycles. The van der Waals surface area contributed by atoms with Crippen molar-refractivity contribution in [2.24, 2.45) is 23.2 Å². The van der Waals surface area contributed by atoms with Crippen LogP contribution in [0.25, 0.3) is 0 Å². The van der Waals surface area contributed by atoms with Crippen molar-refractivity contribution in [2.45, 2.75) is 46.0 Å². The van der Waals surface area contributed by atoms with E-state index < -0.39 is 0 Å². The Morgan fingerprint density at radius 2 is 2.27 bits per heavy atom. The third-order valence-electron chi connectivity index (χ3n) is 5.25. The lowest BCUT2D eigenvalue weighted by molar-refractivity contribution is -0.126. The van der Waals surface area contributed by atoms with E-state index in [2.05, 4.69) is 13.0 Å². The van der Waals surface area contributed by atoms with Gasteiger partial charge in [0.15, 0.2) is 0 Å². The molecule has 0 aromatic rings. The molecule has 4 unspecified atom stereocenters. The Kier molecular flexibility index (Phi) is 1.90. The largest absolute Gasteiger partial charge is 0.299 e. The van der Waals surface area contributed by atoms with Gasteiger partial charge >= 0.3 is 0 Å². The summed E-state index contributed by atoms with van der Waals surface area (Å²) < 4.78 is 0. The van der Waals surface area contributed by atoms with Gasteiger partial charge in [0.2, 0.25) is 0 Å². The van der Waals surface area contributed by atoms with Gasteiger partial charge in [-0.25, -0.2) is 0 Å². The number of carbonyl (C=O) groups is 1. The lowest BCUT2D eigenvalue weighted by Gasteiger charge is -2.38. The van der Waals surface area contributed by atoms with Crippen molar-refractivity contribution < 1.29 is 4.79 Å². The fraction of sp³-hybridized carbons (Fsp3) is 0.786. The minimum absolute atomic E-state index is 0.0430. The predicted molar refractivity (Wildman–Crippen MR) is 60.4 cm³/mol. The van der Waals surface area contributed by atoms with Crippen LogP contribution in [-0.2, 0) is 4.79 Å². The van der Waals surface area contributed by atoms with Gasteiger partial charge in [0, 0.05) is 5.41 Å². The number of hydrogen-bond donors (Lipinski definition) is 0. The number of ketones is 1.